The molecule has 0 aromatic heterocycles. The summed E-state index contributed by atoms with van der Waals surface area (Å²) in [6.07, 6.45) is 2.70. The van der Waals surface area contributed by atoms with Crippen molar-refractivity contribution in [3.63, 3.8) is 0 Å². The van der Waals surface area contributed by atoms with Gasteiger partial charge in [0, 0.05) is 32.2 Å². The summed E-state index contributed by atoms with van der Waals surface area (Å²) >= 11 is 0. The third-order valence-corrected chi connectivity index (χ3v) is 4.70. The number of anilines is 1. The van der Waals surface area contributed by atoms with E-state index in [1.165, 1.54) is 12.8 Å². The molecule has 1 amide bonds. The summed E-state index contributed by atoms with van der Waals surface area (Å²) in [6.45, 7) is 6.08. The number of ether oxygens (including phenoxy) is 1. The van der Waals surface area contributed by atoms with Crippen molar-refractivity contribution in [2.75, 3.05) is 38.6 Å². The van der Waals surface area contributed by atoms with Gasteiger partial charge in [0.15, 0.2) is 0 Å². The van der Waals surface area contributed by atoms with Crippen LogP contribution in [-0.2, 0) is 4.79 Å². The van der Waals surface area contributed by atoms with Gasteiger partial charge in [-0.15, -0.1) is 0 Å². The second-order valence-electron chi connectivity index (χ2n) is 6.17. The van der Waals surface area contributed by atoms with Gasteiger partial charge < -0.3 is 10.1 Å². The summed E-state index contributed by atoms with van der Waals surface area (Å²) in [5.74, 6) is 0.728. The largest absolute Gasteiger partial charge is 0.495 e. The lowest BCUT2D eigenvalue weighted by Gasteiger charge is -2.37. The molecule has 1 aliphatic heterocycles. The highest BCUT2D eigenvalue weighted by Gasteiger charge is 2.33. The predicted molar refractivity (Wildman–Crippen MR) is 87.3 cm³/mol. The van der Waals surface area contributed by atoms with Gasteiger partial charge in [0.25, 0.3) is 0 Å². The molecule has 5 heteroatoms. The number of methoxy groups -OCH3 is 1. The van der Waals surface area contributed by atoms with E-state index in [0.29, 0.717) is 5.75 Å². The van der Waals surface area contributed by atoms with Crippen LogP contribution >= 0.6 is 0 Å². The highest BCUT2D eigenvalue weighted by Crippen LogP contribution is 2.28. The fourth-order valence-corrected chi connectivity index (χ4v) is 3.08. The van der Waals surface area contributed by atoms with Crippen molar-refractivity contribution >= 4 is 11.6 Å². The molecule has 3 rings (SSSR count). The van der Waals surface area contributed by atoms with Gasteiger partial charge in [-0.25, -0.2) is 0 Å². The Morgan fingerprint density at radius 2 is 1.91 bits per heavy atom. The van der Waals surface area contributed by atoms with E-state index in [9.17, 15) is 4.79 Å². The lowest BCUT2D eigenvalue weighted by atomic mass is 10.2. The van der Waals surface area contributed by atoms with Crippen LogP contribution in [0.3, 0.4) is 0 Å². The summed E-state index contributed by atoms with van der Waals surface area (Å²) < 4.78 is 5.28. The van der Waals surface area contributed by atoms with E-state index < -0.39 is 0 Å². The van der Waals surface area contributed by atoms with Crippen LogP contribution in [0.1, 0.15) is 19.8 Å². The molecule has 0 spiro atoms. The summed E-state index contributed by atoms with van der Waals surface area (Å²) in [7, 11) is 1.62. The van der Waals surface area contributed by atoms with Crippen molar-refractivity contribution in [1.29, 1.82) is 0 Å². The Morgan fingerprint density at radius 1 is 1.23 bits per heavy atom. The van der Waals surface area contributed by atoms with Crippen molar-refractivity contribution in [3.8, 4) is 5.75 Å². The molecule has 1 atom stereocenters. The fourth-order valence-electron chi connectivity index (χ4n) is 3.08. The second kappa shape index (κ2) is 6.67. The highest BCUT2D eigenvalue weighted by atomic mass is 16.5. The molecule has 2 fully saturated rings. The van der Waals surface area contributed by atoms with Crippen LogP contribution in [-0.4, -0.2) is 61.1 Å². The molecule has 1 aromatic rings. The Labute approximate surface area is 132 Å². The van der Waals surface area contributed by atoms with Gasteiger partial charge in [-0.05, 0) is 31.9 Å². The Balaban J connectivity index is 1.55. The minimum atomic E-state index is -0.119. The zero-order chi connectivity index (χ0) is 15.5. The van der Waals surface area contributed by atoms with E-state index in [1.54, 1.807) is 7.11 Å². The maximum Gasteiger partial charge on any atom is 0.241 e. The van der Waals surface area contributed by atoms with Gasteiger partial charge in [0.1, 0.15) is 5.75 Å². The monoisotopic (exact) mass is 303 g/mol. The number of nitrogens with one attached hydrogen (secondary N) is 1. The molecular weight excluding hydrogens is 278 g/mol. The first-order valence-electron chi connectivity index (χ1n) is 8.11. The van der Waals surface area contributed by atoms with Gasteiger partial charge in [-0.3, -0.25) is 14.6 Å². The topological polar surface area (TPSA) is 44.8 Å². The van der Waals surface area contributed by atoms with Crippen LogP contribution in [0.4, 0.5) is 5.69 Å². The summed E-state index contributed by atoms with van der Waals surface area (Å²) in [5, 5.41) is 2.99. The Bertz CT molecular complexity index is 522. The van der Waals surface area contributed by atoms with Crippen LogP contribution in [0, 0.1) is 0 Å². The molecule has 1 aromatic carbocycles. The van der Waals surface area contributed by atoms with Crippen LogP contribution in [0.15, 0.2) is 24.3 Å². The molecule has 22 heavy (non-hydrogen) atoms. The first-order valence-corrected chi connectivity index (χ1v) is 8.11. The first kappa shape index (κ1) is 15.3. The fraction of sp³-hybridized carbons (Fsp3) is 0.588. The van der Waals surface area contributed by atoms with Gasteiger partial charge in [-0.1, -0.05) is 12.1 Å². The van der Waals surface area contributed by atoms with E-state index in [1.807, 2.05) is 31.2 Å². The van der Waals surface area contributed by atoms with E-state index in [-0.39, 0.29) is 11.9 Å². The number of para-hydroxylation sites is 2. The average molecular weight is 303 g/mol. The molecule has 5 nitrogen and oxygen atoms in total. The van der Waals surface area contributed by atoms with Gasteiger partial charge in [-0.2, -0.15) is 0 Å². The predicted octanol–water partition coefficient (Wildman–Crippen LogP) is 1.80. The van der Waals surface area contributed by atoms with Crippen LogP contribution in [0.5, 0.6) is 5.75 Å². The minimum Gasteiger partial charge on any atom is -0.495 e. The maximum atomic E-state index is 12.5. The van der Waals surface area contributed by atoms with Gasteiger partial charge in [0.2, 0.25) is 5.91 Å². The number of rotatable bonds is 5. The number of carbonyl (C=O) groups excluding carboxylic acids is 1. The smallest absolute Gasteiger partial charge is 0.241 e. The molecule has 0 bridgehead atoms. The van der Waals surface area contributed by atoms with Crippen molar-refractivity contribution in [1.82, 2.24) is 9.80 Å². The molecule has 0 radical (unpaired) electrons. The number of hydrogen-bond acceptors (Lipinski definition) is 4. The number of amides is 1. The van der Waals surface area contributed by atoms with Crippen LogP contribution < -0.4 is 10.1 Å². The summed E-state index contributed by atoms with van der Waals surface area (Å²) in [6, 6.07) is 8.22. The number of hydrogen-bond donors (Lipinski definition) is 1. The second-order valence-corrected chi connectivity index (χ2v) is 6.17. The van der Waals surface area contributed by atoms with E-state index in [0.717, 1.165) is 37.9 Å². The third kappa shape index (κ3) is 3.42. The molecule has 1 saturated carbocycles. The Morgan fingerprint density at radius 3 is 2.55 bits per heavy atom. The zero-order valence-electron chi connectivity index (χ0n) is 13.4. The molecule has 120 valence electrons. The maximum absolute atomic E-state index is 12.5. The lowest BCUT2D eigenvalue weighted by molar-refractivity contribution is -0.121. The Hall–Kier alpha value is -1.59. The van der Waals surface area contributed by atoms with E-state index in [2.05, 4.69) is 15.1 Å². The summed E-state index contributed by atoms with van der Waals surface area (Å²) in [4.78, 5) is 17.3. The molecule has 1 heterocycles. The molecule has 1 unspecified atom stereocenters. The van der Waals surface area contributed by atoms with Crippen molar-refractivity contribution < 1.29 is 9.53 Å². The van der Waals surface area contributed by atoms with E-state index in [4.69, 9.17) is 4.74 Å². The molecule has 1 saturated heterocycles. The third-order valence-electron chi connectivity index (χ3n) is 4.70. The highest BCUT2D eigenvalue weighted by molar-refractivity contribution is 5.95. The van der Waals surface area contributed by atoms with E-state index >= 15 is 0 Å². The lowest BCUT2D eigenvalue weighted by Crippen LogP contribution is -2.53. The minimum absolute atomic E-state index is 0.0318. The molecule has 1 aliphatic carbocycles. The van der Waals surface area contributed by atoms with Crippen LogP contribution in [0.2, 0.25) is 0 Å². The van der Waals surface area contributed by atoms with Gasteiger partial charge >= 0.3 is 0 Å². The van der Waals surface area contributed by atoms with Crippen LogP contribution in [0.25, 0.3) is 0 Å². The van der Waals surface area contributed by atoms with Gasteiger partial charge in [0.05, 0.1) is 18.8 Å². The number of benzene rings is 1. The zero-order valence-corrected chi connectivity index (χ0v) is 13.4. The van der Waals surface area contributed by atoms with Crippen molar-refractivity contribution in [2.45, 2.75) is 31.8 Å². The quantitative estimate of drug-likeness (QED) is 0.901. The van der Waals surface area contributed by atoms with Crippen molar-refractivity contribution in [2.24, 2.45) is 0 Å². The normalized spacial score (nSPS) is 21.4. The molecule has 2 aliphatic rings. The molecule has 1 N–H and O–H groups in total. The first-order chi connectivity index (χ1) is 10.7. The Kier molecular flexibility index (Phi) is 4.64. The SMILES string of the molecule is COc1ccccc1NC(=O)C(C)N1CCN(C2CC2)CC1. The number of carbonyl (C=O) groups is 1. The number of piperazine rings is 1. The summed E-state index contributed by atoms with van der Waals surface area (Å²) in [5.41, 5.74) is 0.735. The molecular formula is C17H25N3O2. The van der Waals surface area contributed by atoms with Crippen molar-refractivity contribution in [3.05, 3.63) is 24.3 Å². The standard InChI is InChI=1S/C17H25N3O2/c1-13(19-9-11-20(12-10-19)14-7-8-14)17(21)18-15-5-3-4-6-16(15)22-2/h3-6,13-14H,7-12H2,1-2H3,(H,18,21). The number of nitrogens with zero attached hydrogens (tertiary/aromatic N) is 2. The average Bonchev–Trinajstić information content (AvgIpc) is 3.40.